The molecule has 4 rings (SSSR count). The highest BCUT2D eigenvalue weighted by atomic mass is 32.2. The fourth-order valence-electron chi connectivity index (χ4n) is 3.26. The number of para-hydroxylation sites is 1. The van der Waals surface area contributed by atoms with E-state index in [9.17, 15) is 9.59 Å². The molecule has 2 heterocycles. The zero-order valence-electron chi connectivity index (χ0n) is 13.6. The molecular formula is C20H16N2O2S. The predicted octanol–water partition coefficient (Wildman–Crippen LogP) is 4.41. The molecule has 3 aromatic rings. The van der Waals surface area contributed by atoms with E-state index < -0.39 is 0 Å². The average molecular weight is 348 g/mol. The molecule has 0 bridgehead atoms. The summed E-state index contributed by atoms with van der Waals surface area (Å²) in [6, 6.07) is 18.0. The Kier molecular flexibility index (Phi) is 3.93. The van der Waals surface area contributed by atoms with E-state index in [0.717, 1.165) is 45.1 Å². The molecule has 124 valence electrons. The number of H-pyrrole nitrogens is 1. The van der Waals surface area contributed by atoms with Gasteiger partial charge in [0.1, 0.15) is 0 Å². The molecule has 5 heteroatoms. The zero-order valence-corrected chi connectivity index (χ0v) is 14.4. The Morgan fingerprint density at radius 2 is 1.72 bits per heavy atom. The smallest absolute Gasteiger partial charge is 0.290 e. The van der Waals surface area contributed by atoms with Crippen LogP contribution in [-0.2, 0) is 11.2 Å². The van der Waals surface area contributed by atoms with Crippen LogP contribution >= 0.6 is 11.8 Å². The molecule has 2 amide bonds. The summed E-state index contributed by atoms with van der Waals surface area (Å²) in [5.74, 6) is -0.314. The van der Waals surface area contributed by atoms with Gasteiger partial charge < -0.3 is 4.98 Å². The van der Waals surface area contributed by atoms with Crippen molar-refractivity contribution in [2.75, 3.05) is 0 Å². The number of hydrogen-bond acceptors (Lipinski definition) is 3. The second-order valence-electron chi connectivity index (χ2n) is 5.98. The second kappa shape index (κ2) is 6.26. The number of aromatic nitrogens is 1. The van der Waals surface area contributed by atoms with Gasteiger partial charge in [0.2, 0.25) is 0 Å². The number of aryl methyl sites for hydroxylation is 1. The first-order chi connectivity index (χ1) is 12.1. The summed E-state index contributed by atoms with van der Waals surface area (Å²) in [6.45, 7) is 2.00. The minimum atomic E-state index is -0.317. The van der Waals surface area contributed by atoms with E-state index >= 15 is 0 Å². The van der Waals surface area contributed by atoms with Crippen LogP contribution in [0.2, 0.25) is 0 Å². The topological polar surface area (TPSA) is 62.0 Å². The van der Waals surface area contributed by atoms with E-state index in [4.69, 9.17) is 0 Å². The van der Waals surface area contributed by atoms with E-state index in [1.165, 1.54) is 0 Å². The monoisotopic (exact) mass is 348 g/mol. The number of carbonyl (C=O) groups excluding carboxylic acids is 2. The van der Waals surface area contributed by atoms with Crippen LogP contribution < -0.4 is 5.32 Å². The van der Waals surface area contributed by atoms with Gasteiger partial charge in [0, 0.05) is 22.2 Å². The van der Waals surface area contributed by atoms with Gasteiger partial charge in [0.25, 0.3) is 11.1 Å². The van der Waals surface area contributed by atoms with Gasteiger partial charge in [-0.25, -0.2) is 0 Å². The molecule has 0 aliphatic carbocycles. The van der Waals surface area contributed by atoms with Crippen molar-refractivity contribution < 1.29 is 9.59 Å². The number of allylic oxidation sites excluding steroid dienone is 1. The number of carbonyl (C=O) groups is 2. The van der Waals surface area contributed by atoms with Crippen LogP contribution in [0.15, 0.2) is 59.5 Å². The Morgan fingerprint density at radius 3 is 2.44 bits per heavy atom. The van der Waals surface area contributed by atoms with Gasteiger partial charge >= 0.3 is 0 Å². The van der Waals surface area contributed by atoms with Crippen molar-refractivity contribution in [3.63, 3.8) is 0 Å². The van der Waals surface area contributed by atoms with Gasteiger partial charge in [-0.3, -0.25) is 14.9 Å². The number of thioether (sulfide) groups is 1. The van der Waals surface area contributed by atoms with Crippen molar-refractivity contribution in [2.24, 2.45) is 0 Å². The highest BCUT2D eigenvalue weighted by Crippen LogP contribution is 2.38. The lowest BCUT2D eigenvalue weighted by Crippen LogP contribution is -2.18. The van der Waals surface area contributed by atoms with Crippen molar-refractivity contribution >= 4 is 39.4 Å². The van der Waals surface area contributed by atoms with E-state index in [1.807, 2.05) is 61.5 Å². The summed E-state index contributed by atoms with van der Waals surface area (Å²) in [6.07, 6.45) is 0.590. The molecule has 1 aliphatic heterocycles. The van der Waals surface area contributed by atoms with Crippen LogP contribution in [0.3, 0.4) is 0 Å². The molecule has 1 fully saturated rings. The van der Waals surface area contributed by atoms with Crippen molar-refractivity contribution in [1.29, 1.82) is 0 Å². The molecule has 25 heavy (non-hydrogen) atoms. The number of imide groups is 1. The summed E-state index contributed by atoms with van der Waals surface area (Å²) in [7, 11) is 0. The molecule has 0 saturated carbocycles. The molecule has 0 atom stereocenters. The molecule has 1 saturated heterocycles. The zero-order chi connectivity index (χ0) is 17.4. The Balaban J connectivity index is 1.94. The SMILES string of the molecule is Cc1[nH]c2ccccc2c1C(Cc1ccccc1)=C1SC(=O)NC1=O. The minimum absolute atomic E-state index is 0.314. The number of hydrogen-bond donors (Lipinski definition) is 2. The number of amides is 2. The van der Waals surface area contributed by atoms with Crippen molar-refractivity contribution in [3.8, 4) is 0 Å². The second-order valence-corrected chi connectivity index (χ2v) is 6.97. The maximum absolute atomic E-state index is 12.3. The van der Waals surface area contributed by atoms with Gasteiger partial charge in [-0.05, 0) is 42.3 Å². The summed E-state index contributed by atoms with van der Waals surface area (Å²) in [5, 5.41) is 3.12. The maximum Gasteiger partial charge on any atom is 0.290 e. The third-order valence-corrected chi connectivity index (χ3v) is 5.23. The average Bonchev–Trinajstić information content (AvgIpc) is 3.12. The predicted molar refractivity (Wildman–Crippen MR) is 101 cm³/mol. The first-order valence-electron chi connectivity index (χ1n) is 8.01. The fourth-order valence-corrected chi connectivity index (χ4v) is 4.03. The van der Waals surface area contributed by atoms with E-state index in [-0.39, 0.29) is 11.1 Å². The first-order valence-corrected chi connectivity index (χ1v) is 8.83. The van der Waals surface area contributed by atoms with Crippen LogP contribution in [-0.4, -0.2) is 16.1 Å². The number of rotatable bonds is 3. The van der Waals surface area contributed by atoms with Crippen molar-refractivity contribution in [2.45, 2.75) is 13.3 Å². The van der Waals surface area contributed by atoms with Crippen LogP contribution in [0.5, 0.6) is 0 Å². The van der Waals surface area contributed by atoms with E-state index in [1.54, 1.807) is 0 Å². The molecule has 0 spiro atoms. The molecule has 0 unspecified atom stereocenters. The molecule has 2 N–H and O–H groups in total. The Bertz CT molecular complexity index is 1020. The lowest BCUT2D eigenvalue weighted by Gasteiger charge is -2.11. The number of aromatic amines is 1. The molecule has 1 aliphatic rings. The van der Waals surface area contributed by atoms with Crippen LogP contribution in [0.4, 0.5) is 4.79 Å². The van der Waals surface area contributed by atoms with Gasteiger partial charge in [-0.15, -0.1) is 0 Å². The highest BCUT2D eigenvalue weighted by molar-refractivity contribution is 8.18. The number of nitrogens with one attached hydrogen (secondary N) is 2. The Hall–Kier alpha value is -2.79. The van der Waals surface area contributed by atoms with Gasteiger partial charge in [-0.2, -0.15) is 0 Å². The fraction of sp³-hybridized carbons (Fsp3) is 0.100. The summed E-state index contributed by atoms with van der Waals surface area (Å²) < 4.78 is 0. The van der Waals surface area contributed by atoms with Gasteiger partial charge in [0.05, 0.1) is 4.91 Å². The number of fused-ring (bicyclic) bond motifs is 1. The molecule has 1 aromatic heterocycles. The normalized spacial score (nSPS) is 16.4. The maximum atomic E-state index is 12.3. The van der Waals surface area contributed by atoms with Gasteiger partial charge in [0.15, 0.2) is 0 Å². The van der Waals surface area contributed by atoms with Crippen molar-refractivity contribution in [3.05, 3.63) is 76.3 Å². The molecule has 2 aromatic carbocycles. The Morgan fingerprint density at radius 1 is 1.00 bits per heavy atom. The van der Waals surface area contributed by atoms with E-state index in [0.29, 0.717) is 11.3 Å². The standard InChI is InChI=1S/C20H16N2O2S/c1-12-17(14-9-5-6-10-16(14)21-12)15(11-13-7-3-2-4-8-13)18-19(23)22-20(24)25-18/h2-10,21H,11H2,1H3,(H,22,23,24). The highest BCUT2D eigenvalue weighted by Gasteiger charge is 2.30. The molecule has 0 radical (unpaired) electrons. The van der Waals surface area contributed by atoms with Crippen molar-refractivity contribution in [1.82, 2.24) is 10.3 Å². The number of benzene rings is 2. The summed E-state index contributed by atoms with van der Waals surface area (Å²) in [4.78, 5) is 27.9. The third-order valence-electron chi connectivity index (χ3n) is 4.31. The molecular weight excluding hydrogens is 332 g/mol. The molecule has 4 nitrogen and oxygen atoms in total. The first kappa shape index (κ1) is 15.7. The van der Waals surface area contributed by atoms with E-state index in [2.05, 4.69) is 10.3 Å². The summed E-state index contributed by atoms with van der Waals surface area (Å²) >= 11 is 0.983. The van der Waals surface area contributed by atoms with Crippen LogP contribution in [0, 0.1) is 6.92 Å². The van der Waals surface area contributed by atoms with Crippen LogP contribution in [0.1, 0.15) is 16.8 Å². The largest absolute Gasteiger partial charge is 0.358 e. The lowest BCUT2D eigenvalue weighted by molar-refractivity contribution is -0.115. The summed E-state index contributed by atoms with van der Waals surface area (Å²) in [5.41, 5.74) is 5.01. The third kappa shape index (κ3) is 2.87. The quantitative estimate of drug-likeness (QED) is 0.689. The lowest BCUT2D eigenvalue weighted by atomic mass is 9.95. The minimum Gasteiger partial charge on any atom is -0.358 e. The van der Waals surface area contributed by atoms with Gasteiger partial charge in [-0.1, -0.05) is 48.5 Å². The Labute approximate surface area is 149 Å². The van der Waals surface area contributed by atoms with Crippen LogP contribution in [0.25, 0.3) is 16.5 Å².